The van der Waals surface area contributed by atoms with Crippen LogP contribution in [0.1, 0.15) is 30.7 Å². The number of H-pyrrole nitrogens is 1. The molecule has 2 N–H and O–H groups in total. The summed E-state index contributed by atoms with van der Waals surface area (Å²) in [5.41, 5.74) is 4.86. The van der Waals surface area contributed by atoms with Crippen molar-refractivity contribution in [2.75, 3.05) is 43.1 Å². The molecule has 1 amide bonds. The largest absolute Gasteiger partial charge is 0.378 e. The number of thiophene rings is 1. The minimum Gasteiger partial charge on any atom is -0.378 e. The van der Waals surface area contributed by atoms with E-state index in [1.165, 1.54) is 5.69 Å². The molecule has 2 saturated heterocycles. The normalized spacial score (nSPS) is 19.6. The van der Waals surface area contributed by atoms with Gasteiger partial charge in [-0.05, 0) is 68.1 Å². The Labute approximate surface area is 215 Å². The van der Waals surface area contributed by atoms with Crippen molar-refractivity contribution in [1.82, 2.24) is 15.1 Å². The van der Waals surface area contributed by atoms with E-state index in [0.29, 0.717) is 6.04 Å². The average Bonchev–Trinajstić information content (AvgIpc) is 3.67. The maximum atomic E-state index is 13.6. The third-order valence-corrected chi connectivity index (χ3v) is 8.27. The zero-order valence-electron chi connectivity index (χ0n) is 20.4. The van der Waals surface area contributed by atoms with Gasteiger partial charge in [0.2, 0.25) is 5.91 Å². The summed E-state index contributed by atoms with van der Waals surface area (Å²) in [4.78, 5) is 19.3. The standard InChI is InChI=1S/C28H31N5O2S/c1-19-4-2-12-33(19)27(25-5-3-17-36-25)28(34)29-21-8-11-24-23(18-21)26(31-30-24)20-6-9-22(10-7-20)32-13-15-35-16-14-32/h3,5-11,17-19,27H,2,4,12-16H2,1H3,(H,29,34)(H,30,31)/t19-,27-/m0/s1. The van der Waals surface area contributed by atoms with Gasteiger partial charge in [-0.25, -0.2) is 0 Å². The number of likely N-dealkylation sites (tertiary alicyclic amines) is 1. The molecular formula is C28H31N5O2S. The van der Waals surface area contributed by atoms with Gasteiger partial charge in [0.25, 0.3) is 0 Å². The second kappa shape index (κ2) is 10.0. The molecule has 2 aromatic heterocycles. The predicted octanol–water partition coefficient (Wildman–Crippen LogP) is 5.29. The van der Waals surface area contributed by atoms with E-state index in [9.17, 15) is 4.79 Å². The molecule has 8 heteroatoms. The summed E-state index contributed by atoms with van der Waals surface area (Å²) >= 11 is 1.65. The van der Waals surface area contributed by atoms with Crippen molar-refractivity contribution in [3.05, 3.63) is 64.9 Å². The van der Waals surface area contributed by atoms with Crippen molar-refractivity contribution in [2.45, 2.75) is 31.8 Å². The summed E-state index contributed by atoms with van der Waals surface area (Å²) < 4.78 is 5.47. The first-order valence-electron chi connectivity index (χ1n) is 12.7. The van der Waals surface area contributed by atoms with Gasteiger partial charge in [0, 0.05) is 46.3 Å². The zero-order valence-corrected chi connectivity index (χ0v) is 21.3. The first kappa shape index (κ1) is 23.2. The number of nitrogens with zero attached hydrogens (tertiary/aromatic N) is 3. The number of ether oxygens (including phenoxy) is 1. The second-order valence-electron chi connectivity index (χ2n) is 9.62. The van der Waals surface area contributed by atoms with Crippen LogP contribution in [-0.2, 0) is 9.53 Å². The van der Waals surface area contributed by atoms with Crippen molar-refractivity contribution in [3.8, 4) is 11.3 Å². The highest BCUT2D eigenvalue weighted by Gasteiger charge is 2.34. The maximum Gasteiger partial charge on any atom is 0.247 e. The smallest absolute Gasteiger partial charge is 0.247 e. The van der Waals surface area contributed by atoms with Crippen LogP contribution in [0.15, 0.2) is 60.0 Å². The first-order valence-corrected chi connectivity index (χ1v) is 13.6. The number of amides is 1. The fourth-order valence-corrected chi connectivity index (χ4v) is 6.25. The Balaban J connectivity index is 1.25. The lowest BCUT2D eigenvalue weighted by Crippen LogP contribution is -2.38. The van der Waals surface area contributed by atoms with E-state index in [4.69, 9.17) is 4.74 Å². The number of anilines is 2. The summed E-state index contributed by atoms with van der Waals surface area (Å²) in [6, 6.07) is 18.7. The number of carbonyl (C=O) groups is 1. The second-order valence-corrected chi connectivity index (χ2v) is 10.6. The number of rotatable bonds is 6. The van der Waals surface area contributed by atoms with Gasteiger partial charge in [0.15, 0.2) is 0 Å². The molecule has 0 radical (unpaired) electrons. The number of fused-ring (bicyclic) bond motifs is 1. The lowest BCUT2D eigenvalue weighted by molar-refractivity contribution is -0.121. The first-order chi connectivity index (χ1) is 17.7. The van der Waals surface area contributed by atoms with Crippen molar-refractivity contribution in [3.63, 3.8) is 0 Å². The Morgan fingerprint density at radius 1 is 1.14 bits per heavy atom. The number of benzene rings is 2. The molecule has 4 aromatic rings. The number of aromatic nitrogens is 2. The van der Waals surface area contributed by atoms with Crippen LogP contribution in [0.4, 0.5) is 11.4 Å². The van der Waals surface area contributed by atoms with Gasteiger partial charge in [0.05, 0.1) is 24.4 Å². The lowest BCUT2D eigenvalue weighted by atomic mass is 10.1. The van der Waals surface area contributed by atoms with Gasteiger partial charge in [-0.3, -0.25) is 14.8 Å². The van der Waals surface area contributed by atoms with Gasteiger partial charge in [-0.15, -0.1) is 11.3 Å². The van der Waals surface area contributed by atoms with Crippen LogP contribution < -0.4 is 10.2 Å². The van der Waals surface area contributed by atoms with Crippen molar-refractivity contribution >= 4 is 39.5 Å². The molecular weight excluding hydrogens is 470 g/mol. The van der Waals surface area contributed by atoms with Gasteiger partial charge >= 0.3 is 0 Å². The summed E-state index contributed by atoms with van der Waals surface area (Å²) in [7, 11) is 0. The molecule has 2 atom stereocenters. The summed E-state index contributed by atoms with van der Waals surface area (Å²) in [6.07, 6.45) is 2.26. The molecule has 0 saturated carbocycles. The fraction of sp³-hybridized carbons (Fsp3) is 0.357. The Hall–Kier alpha value is -3.20. The number of hydrogen-bond acceptors (Lipinski definition) is 6. The third kappa shape index (κ3) is 4.52. The van der Waals surface area contributed by atoms with E-state index in [2.05, 4.69) is 62.6 Å². The molecule has 0 spiro atoms. The third-order valence-electron chi connectivity index (χ3n) is 7.34. The van der Waals surface area contributed by atoms with Crippen LogP contribution in [0.2, 0.25) is 0 Å². The van der Waals surface area contributed by atoms with Gasteiger partial charge < -0.3 is 15.0 Å². The number of morpholine rings is 1. The minimum atomic E-state index is -0.269. The molecule has 186 valence electrons. The lowest BCUT2D eigenvalue weighted by Gasteiger charge is -2.29. The van der Waals surface area contributed by atoms with E-state index < -0.39 is 0 Å². The van der Waals surface area contributed by atoms with Crippen LogP contribution in [0, 0.1) is 0 Å². The van der Waals surface area contributed by atoms with Crippen LogP contribution >= 0.6 is 11.3 Å². The van der Waals surface area contributed by atoms with E-state index >= 15 is 0 Å². The van der Waals surface area contributed by atoms with Crippen LogP contribution in [0.5, 0.6) is 0 Å². The highest BCUT2D eigenvalue weighted by molar-refractivity contribution is 7.10. The number of hydrogen-bond donors (Lipinski definition) is 2. The molecule has 2 fully saturated rings. The zero-order chi connectivity index (χ0) is 24.5. The molecule has 4 heterocycles. The van der Waals surface area contributed by atoms with Crippen molar-refractivity contribution < 1.29 is 9.53 Å². The Bertz CT molecular complexity index is 1330. The predicted molar refractivity (Wildman–Crippen MR) is 146 cm³/mol. The molecule has 6 rings (SSSR count). The van der Waals surface area contributed by atoms with E-state index in [0.717, 1.165) is 78.4 Å². The molecule has 7 nitrogen and oxygen atoms in total. The van der Waals surface area contributed by atoms with Crippen molar-refractivity contribution in [2.24, 2.45) is 0 Å². The molecule has 2 aliphatic heterocycles. The summed E-state index contributed by atoms with van der Waals surface area (Å²) in [6.45, 7) is 6.53. The Morgan fingerprint density at radius 2 is 1.97 bits per heavy atom. The molecule has 0 bridgehead atoms. The van der Waals surface area contributed by atoms with Crippen LogP contribution in [0.3, 0.4) is 0 Å². The quantitative estimate of drug-likeness (QED) is 0.376. The summed E-state index contributed by atoms with van der Waals surface area (Å²) in [5.74, 6) is 0.0189. The highest BCUT2D eigenvalue weighted by atomic mass is 32.1. The Kier molecular flexibility index (Phi) is 6.48. The minimum absolute atomic E-state index is 0.0189. The van der Waals surface area contributed by atoms with Crippen LogP contribution in [-0.4, -0.2) is 59.9 Å². The molecule has 0 unspecified atom stereocenters. The maximum absolute atomic E-state index is 13.6. The highest BCUT2D eigenvalue weighted by Crippen LogP contribution is 2.34. The number of nitrogens with one attached hydrogen (secondary N) is 2. The van der Waals surface area contributed by atoms with E-state index in [1.807, 2.05) is 29.6 Å². The topological polar surface area (TPSA) is 73.5 Å². The van der Waals surface area contributed by atoms with Gasteiger partial charge in [0.1, 0.15) is 6.04 Å². The van der Waals surface area contributed by atoms with E-state index in [1.54, 1.807) is 11.3 Å². The number of carbonyl (C=O) groups excluding carboxylic acids is 1. The van der Waals surface area contributed by atoms with E-state index in [-0.39, 0.29) is 11.9 Å². The Morgan fingerprint density at radius 3 is 2.69 bits per heavy atom. The monoisotopic (exact) mass is 501 g/mol. The number of aromatic amines is 1. The molecule has 36 heavy (non-hydrogen) atoms. The fourth-order valence-electron chi connectivity index (χ4n) is 5.40. The van der Waals surface area contributed by atoms with Gasteiger partial charge in [-0.1, -0.05) is 18.2 Å². The SMILES string of the molecule is C[C@H]1CCCN1[C@H](C(=O)Nc1ccc2[nH]nc(-c3ccc(N4CCOCC4)cc3)c2c1)c1cccs1. The molecule has 2 aromatic carbocycles. The summed E-state index contributed by atoms with van der Waals surface area (Å²) in [5, 5.41) is 14.0. The average molecular weight is 502 g/mol. The van der Waals surface area contributed by atoms with Crippen LogP contribution in [0.25, 0.3) is 22.2 Å². The molecule has 0 aliphatic carbocycles. The molecule has 2 aliphatic rings. The van der Waals surface area contributed by atoms with Crippen molar-refractivity contribution in [1.29, 1.82) is 0 Å². The van der Waals surface area contributed by atoms with Gasteiger partial charge in [-0.2, -0.15) is 5.10 Å².